The summed E-state index contributed by atoms with van der Waals surface area (Å²) in [5.74, 6) is 0. The highest BCUT2D eigenvalue weighted by atomic mass is 15.0. The number of fused-ring (bicyclic) bond motifs is 8. The van der Waals surface area contributed by atoms with Crippen LogP contribution in [0.4, 0.5) is 0 Å². The number of aryl methyl sites for hydroxylation is 2. The standard InChI is InChI=1S/C78H56N2/c1-3-79-73-21-13-11-19-65(73)69-47-63(41-45-75(69)79)57-27-23-53(24-28-57)55-31-35-59(36-32-55)77-67-43-39-62(52-17-9-6-10-18-52)50-72(67)78(68-44-40-61(49-71(68)77)51-15-7-5-8-16-51)60-37-33-56(34-38-60)54-25-29-58(30-26-54)64-42-46-76-70(48-64)66-20-12-14-22-74(66)80(76)4-2/h5-50H,3-4H2,1-2H3. The molecule has 0 N–H and O–H groups in total. The molecule has 2 aromatic heterocycles. The molecular weight excluding hydrogens is 965 g/mol. The normalized spacial score (nSPS) is 11.7. The van der Waals surface area contributed by atoms with Crippen LogP contribution in [0.5, 0.6) is 0 Å². The van der Waals surface area contributed by atoms with Crippen LogP contribution in [0.3, 0.4) is 0 Å². The van der Waals surface area contributed by atoms with Crippen molar-refractivity contribution in [3.05, 3.63) is 279 Å². The molecule has 13 aromatic carbocycles. The number of aromatic nitrogens is 2. The van der Waals surface area contributed by atoms with Crippen LogP contribution in [0.25, 0.3) is 154 Å². The summed E-state index contributed by atoms with van der Waals surface area (Å²) >= 11 is 0. The van der Waals surface area contributed by atoms with Gasteiger partial charge >= 0.3 is 0 Å². The molecule has 0 aliphatic heterocycles. The maximum Gasteiger partial charge on any atom is 0.0491 e. The van der Waals surface area contributed by atoms with Gasteiger partial charge in [-0.15, -0.1) is 0 Å². The van der Waals surface area contributed by atoms with Gasteiger partial charge in [0.2, 0.25) is 0 Å². The first-order valence-electron chi connectivity index (χ1n) is 28.2. The lowest BCUT2D eigenvalue weighted by atomic mass is 9.83. The summed E-state index contributed by atoms with van der Waals surface area (Å²) in [6.45, 7) is 6.34. The highest BCUT2D eigenvalue weighted by Gasteiger charge is 2.20. The fourth-order valence-electron chi connectivity index (χ4n) is 13.0. The minimum atomic E-state index is 0.942. The summed E-state index contributed by atoms with van der Waals surface area (Å²) in [6, 6.07) is 104. The SMILES string of the molecule is CCn1c2ccccc2c2cc(-c3ccc(-c4ccc(-c5c6ccc(-c7ccccc7)cc6c(-c6ccc(-c7ccc(-c8ccc9c(c8)c8ccccc8n9CC)cc7)cc6)c6ccc(-c7ccccc7)cc56)cc4)cc3)ccc21. The molecule has 0 aliphatic carbocycles. The van der Waals surface area contributed by atoms with Crippen molar-refractivity contribution in [2.45, 2.75) is 26.9 Å². The van der Waals surface area contributed by atoms with Crippen LogP contribution < -0.4 is 0 Å². The molecule has 2 heterocycles. The van der Waals surface area contributed by atoms with Crippen molar-refractivity contribution < 1.29 is 0 Å². The van der Waals surface area contributed by atoms with E-state index in [0.29, 0.717) is 0 Å². The minimum absolute atomic E-state index is 0.942. The van der Waals surface area contributed by atoms with E-state index in [-0.39, 0.29) is 0 Å². The first kappa shape index (κ1) is 47.2. The van der Waals surface area contributed by atoms with Gasteiger partial charge in [-0.3, -0.25) is 0 Å². The van der Waals surface area contributed by atoms with E-state index in [9.17, 15) is 0 Å². The van der Waals surface area contributed by atoms with Crippen molar-refractivity contribution in [1.29, 1.82) is 0 Å². The summed E-state index contributed by atoms with van der Waals surface area (Å²) in [7, 11) is 0. The fourth-order valence-corrected chi connectivity index (χ4v) is 13.0. The van der Waals surface area contributed by atoms with E-state index in [4.69, 9.17) is 0 Å². The van der Waals surface area contributed by atoms with Gasteiger partial charge in [-0.05, 0) is 173 Å². The van der Waals surface area contributed by atoms with Crippen LogP contribution in [0.15, 0.2) is 279 Å². The number of hydrogen-bond acceptors (Lipinski definition) is 0. The van der Waals surface area contributed by atoms with E-state index in [1.807, 2.05) is 0 Å². The number of rotatable bonds is 10. The molecule has 0 saturated carbocycles. The molecule has 15 aromatic rings. The maximum atomic E-state index is 2.42. The molecule has 0 unspecified atom stereocenters. The van der Waals surface area contributed by atoms with E-state index in [0.717, 1.165) is 13.1 Å². The van der Waals surface area contributed by atoms with Crippen molar-refractivity contribution in [3.8, 4) is 89.0 Å². The molecule has 0 spiro atoms. The quantitative estimate of drug-likeness (QED) is 0.121. The van der Waals surface area contributed by atoms with Crippen molar-refractivity contribution in [2.75, 3.05) is 0 Å². The Morgan fingerprint density at radius 3 is 0.787 bits per heavy atom. The Bertz CT molecular complexity index is 4520. The zero-order valence-electron chi connectivity index (χ0n) is 44.9. The monoisotopic (exact) mass is 1020 g/mol. The third kappa shape index (κ3) is 7.94. The fraction of sp³-hybridized carbons (Fsp3) is 0.0513. The molecule has 2 heteroatoms. The van der Waals surface area contributed by atoms with E-state index in [2.05, 4.69) is 302 Å². The highest BCUT2D eigenvalue weighted by Crippen LogP contribution is 2.47. The Labute approximate surface area is 466 Å². The van der Waals surface area contributed by atoms with Crippen LogP contribution in [-0.2, 0) is 13.1 Å². The Balaban J connectivity index is 0.816. The number of para-hydroxylation sites is 2. The molecule has 80 heavy (non-hydrogen) atoms. The molecule has 0 fully saturated rings. The third-order valence-electron chi connectivity index (χ3n) is 17.0. The second-order valence-electron chi connectivity index (χ2n) is 21.3. The van der Waals surface area contributed by atoms with Gasteiger partial charge in [-0.2, -0.15) is 0 Å². The summed E-state index contributed by atoms with van der Waals surface area (Å²) < 4.78 is 4.83. The highest BCUT2D eigenvalue weighted by molar-refractivity contribution is 6.23. The number of hydrogen-bond donors (Lipinski definition) is 0. The van der Waals surface area contributed by atoms with Gasteiger partial charge in [0.05, 0.1) is 0 Å². The molecule has 15 rings (SSSR count). The first-order valence-corrected chi connectivity index (χ1v) is 28.2. The van der Waals surface area contributed by atoms with E-state index in [1.165, 1.54) is 154 Å². The van der Waals surface area contributed by atoms with Crippen LogP contribution >= 0.6 is 0 Å². The number of nitrogens with zero attached hydrogens (tertiary/aromatic N) is 2. The second kappa shape index (κ2) is 19.5. The zero-order valence-corrected chi connectivity index (χ0v) is 44.9. The lowest BCUT2D eigenvalue weighted by molar-refractivity contribution is 0.827. The third-order valence-corrected chi connectivity index (χ3v) is 17.0. The minimum Gasteiger partial charge on any atom is -0.341 e. The van der Waals surface area contributed by atoms with Crippen molar-refractivity contribution >= 4 is 65.2 Å². The molecule has 0 saturated heterocycles. The molecule has 0 bridgehead atoms. The Hall–Kier alpha value is -10.0. The molecule has 0 amide bonds. The summed E-state index contributed by atoms with van der Waals surface area (Å²) in [6.07, 6.45) is 0. The molecule has 0 atom stereocenters. The zero-order chi connectivity index (χ0) is 53.3. The predicted molar refractivity (Wildman–Crippen MR) is 342 cm³/mol. The van der Waals surface area contributed by atoms with Gasteiger partial charge in [-0.25, -0.2) is 0 Å². The van der Waals surface area contributed by atoms with Crippen molar-refractivity contribution in [3.63, 3.8) is 0 Å². The van der Waals surface area contributed by atoms with Crippen LogP contribution in [0.1, 0.15) is 13.8 Å². The second-order valence-corrected chi connectivity index (χ2v) is 21.3. The smallest absolute Gasteiger partial charge is 0.0491 e. The van der Waals surface area contributed by atoms with Crippen LogP contribution in [0.2, 0.25) is 0 Å². The average molecular weight is 1020 g/mol. The summed E-state index contributed by atoms with van der Waals surface area (Å²) in [5, 5.41) is 10.1. The Morgan fingerprint density at radius 1 is 0.188 bits per heavy atom. The largest absolute Gasteiger partial charge is 0.341 e. The lowest BCUT2D eigenvalue weighted by Gasteiger charge is -2.20. The topological polar surface area (TPSA) is 9.86 Å². The summed E-state index contributed by atoms with van der Waals surface area (Å²) in [5.41, 5.74) is 24.5. The van der Waals surface area contributed by atoms with Gasteiger partial charge in [0.1, 0.15) is 0 Å². The Kier molecular flexibility index (Phi) is 11.5. The van der Waals surface area contributed by atoms with Crippen LogP contribution in [-0.4, -0.2) is 9.13 Å². The lowest BCUT2D eigenvalue weighted by Crippen LogP contribution is -1.93. The Morgan fingerprint density at radius 2 is 0.438 bits per heavy atom. The van der Waals surface area contributed by atoms with Crippen molar-refractivity contribution in [2.24, 2.45) is 0 Å². The van der Waals surface area contributed by atoms with E-state index < -0.39 is 0 Å². The van der Waals surface area contributed by atoms with Gasteiger partial charge in [0.25, 0.3) is 0 Å². The maximum absolute atomic E-state index is 2.42. The van der Waals surface area contributed by atoms with Gasteiger partial charge in [0.15, 0.2) is 0 Å². The van der Waals surface area contributed by atoms with Crippen LogP contribution in [0, 0.1) is 0 Å². The first-order chi connectivity index (χ1) is 39.6. The molecular formula is C78H56N2. The average Bonchev–Trinajstić information content (AvgIpc) is 4.19. The van der Waals surface area contributed by atoms with Gasteiger partial charge in [0, 0.05) is 56.7 Å². The van der Waals surface area contributed by atoms with Gasteiger partial charge < -0.3 is 9.13 Å². The predicted octanol–water partition coefficient (Wildman–Crippen LogP) is 21.6. The summed E-state index contributed by atoms with van der Waals surface area (Å²) in [4.78, 5) is 0. The van der Waals surface area contributed by atoms with E-state index in [1.54, 1.807) is 0 Å². The molecule has 0 aliphatic rings. The molecule has 378 valence electrons. The van der Waals surface area contributed by atoms with E-state index >= 15 is 0 Å². The van der Waals surface area contributed by atoms with Crippen molar-refractivity contribution in [1.82, 2.24) is 9.13 Å². The molecule has 2 nitrogen and oxygen atoms in total. The molecule has 0 radical (unpaired) electrons. The number of benzene rings is 13. The van der Waals surface area contributed by atoms with Gasteiger partial charge in [-0.1, -0.05) is 231 Å².